The molecule has 0 aliphatic heterocycles. The number of hydrogen-bond donors (Lipinski definition) is 3. The van der Waals surface area contributed by atoms with Crippen molar-refractivity contribution in [3.05, 3.63) is 0 Å². The van der Waals surface area contributed by atoms with Gasteiger partial charge in [-0.1, -0.05) is 13.8 Å². The number of nitrogens with one attached hydrogen (secondary N) is 2. The summed E-state index contributed by atoms with van der Waals surface area (Å²) in [5.41, 5.74) is 0. The molecule has 0 aromatic rings. The van der Waals surface area contributed by atoms with Crippen LogP contribution in [0.15, 0.2) is 0 Å². The smallest absolute Gasteiger partial charge is 0.325 e. The molecule has 0 aromatic carbocycles. The van der Waals surface area contributed by atoms with E-state index in [-0.39, 0.29) is 6.04 Å². The van der Waals surface area contributed by atoms with Crippen LogP contribution >= 0.6 is 0 Å². The van der Waals surface area contributed by atoms with Crippen LogP contribution in [0.1, 0.15) is 33.6 Å². The Morgan fingerprint density at radius 1 is 1.21 bits per heavy atom. The summed E-state index contributed by atoms with van der Waals surface area (Å²) in [5, 5.41) is 13.6. The maximum Gasteiger partial charge on any atom is 0.325 e. The highest BCUT2D eigenvalue weighted by Gasteiger charge is 2.15. The maximum absolute atomic E-state index is 11.2. The summed E-state index contributed by atoms with van der Waals surface area (Å²) in [6, 6.07) is -1.17. The van der Waals surface area contributed by atoms with Crippen LogP contribution in [-0.2, 0) is 4.79 Å². The first-order valence-corrected chi connectivity index (χ1v) is 4.81. The van der Waals surface area contributed by atoms with Crippen LogP contribution in [0, 0.1) is 0 Å². The van der Waals surface area contributed by atoms with E-state index in [0.29, 0.717) is 0 Å². The lowest BCUT2D eigenvalue weighted by Crippen LogP contribution is -2.47. The first-order chi connectivity index (χ1) is 6.51. The number of aliphatic carboxylic acids is 1. The molecule has 0 bridgehead atoms. The molecule has 0 aliphatic carbocycles. The molecule has 0 spiro atoms. The van der Waals surface area contributed by atoms with E-state index in [1.165, 1.54) is 6.92 Å². The Balaban J connectivity index is 3.91. The number of carboxylic acids is 1. The van der Waals surface area contributed by atoms with Gasteiger partial charge in [-0.05, 0) is 19.8 Å². The lowest BCUT2D eigenvalue weighted by molar-refractivity contribution is -0.138. The van der Waals surface area contributed by atoms with Crippen LogP contribution in [0.3, 0.4) is 0 Å². The first-order valence-electron chi connectivity index (χ1n) is 4.81. The summed E-state index contributed by atoms with van der Waals surface area (Å²) in [6.45, 7) is 5.36. The predicted molar refractivity (Wildman–Crippen MR) is 53.1 cm³/mol. The molecule has 5 nitrogen and oxygen atoms in total. The maximum atomic E-state index is 11.2. The quantitative estimate of drug-likeness (QED) is 0.621. The fraction of sp³-hybridized carbons (Fsp3) is 0.778. The van der Waals surface area contributed by atoms with Gasteiger partial charge in [0.25, 0.3) is 0 Å². The van der Waals surface area contributed by atoms with E-state index >= 15 is 0 Å². The van der Waals surface area contributed by atoms with Gasteiger partial charge >= 0.3 is 12.0 Å². The van der Waals surface area contributed by atoms with Crippen molar-refractivity contribution in [1.29, 1.82) is 0 Å². The average molecular weight is 202 g/mol. The molecule has 5 heteroatoms. The molecule has 0 aromatic heterocycles. The number of rotatable bonds is 5. The van der Waals surface area contributed by atoms with Crippen molar-refractivity contribution in [1.82, 2.24) is 10.6 Å². The van der Waals surface area contributed by atoms with Crippen LogP contribution in [0.2, 0.25) is 0 Å². The van der Waals surface area contributed by atoms with E-state index in [1.54, 1.807) is 0 Å². The zero-order valence-electron chi connectivity index (χ0n) is 8.83. The first kappa shape index (κ1) is 12.7. The Labute approximate surface area is 83.9 Å². The molecule has 82 valence electrons. The summed E-state index contributed by atoms with van der Waals surface area (Å²) >= 11 is 0. The Bertz CT molecular complexity index is 202. The molecule has 1 atom stereocenters. The monoisotopic (exact) mass is 202 g/mol. The number of amides is 2. The standard InChI is InChI=1S/C9H18N2O3/c1-4-7(5-2)11-9(14)10-6(3)8(12)13/h6-7H,4-5H2,1-3H3,(H,12,13)(H2,10,11,14)/t6-/m0/s1. The third kappa shape index (κ3) is 4.69. The summed E-state index contributed by atoms with van der Waals surface area (Å²) in [5.74, 6) is -1.04. The van der Waals surface area contributed by atoms with Gasteiger partial charge in [0.15, 0.2) is 0 Å². The molecule has 0 radical (unpaired) electrons. The Kier molecular flexibility index (Phi) is 5.67. The van der Waals surface area contributed by atoms with Gasteiger partial charge in [-0.25, -0.2) is 4.79 Å². The lowest BCUT2D eigenvalue weighted by atomic mass is 10.2. The third-order valence-electron chi connectivity index (χ3n) is 2.04. The van der Waals surface area contributed by atoms with Gasteiger partial charge in [-0.2, -0.15) is 0 Å². The zero-order chi connectivity index (χ0) is 11.1. The Morgan fingerprint density at radius 2 is 1.71 bits per heavy atom. The molecule has 0 heterocycles. The number of carboxylic acid groups (broad SMARTS) is 1. The van der Waals surface area contributed by atoms with E-state index in [4.69, 9.17) is 5.11 Å². The van der Waals surface area contributed by atoms with Gasteiger partial charge < -0.3 is 15.7 Å². The Hall–Kier alpha value is -1.26. The number of hydrogen-bond acceptors (Lipinski definition) is 2. The number of urea groups is 1. The molecule has 0 saturated heterocycles. The molecule has 0 fully saturated rings. The summed E-state index contributed by atoms with van der Waals surface area (Å²) in [6.07, 6.45) is 1.68. The molecule has 0 aliphatic rings. The average Bonchev–Trinajstić information content (AvgIpc) is 2.13. The lowest BCUT2D eigenvalue weighted by Gasteiger charge is -2.16. The van der Waals surface area contributed by atoms with Gasteiger partial charge in [0, 0.05) is 6.04 Å². The number of carbonyl (C=O) groups is 2. The summed E-state index contributed by atoms with van der Waals surface area (Å²) < 4.78 is 0. The summed E-state index contributed by atoms with van der Waals surface area (Å²) in [7, 11) is 0. The molecule has 0 rings (SSSR count). The van der Waals surface area contributed by atoms with Crippen LogP contribution < -0.4 is 10.6 Å². The third-order valence-corrected chi connectivity index (χ3v) is 2.04. The second-order valence-corrected chi connectivity index (χ2v) is 3.19. The second kappa shape index (κ2) is 6.23. The van der Waals surface area contributed by atoms with E-state index in [1.807, 2.05) is 13.8 Å². The van der Waals surface area contributed by atoms with Gasteiger partial charge in [-0.3, -0.25) is 4.79 Å². The normalized spacial score (nSPS) is 12.3. The molecule has 0 saturated carbocycles. The molecular weight excluding hydrogens is 184 g/mol. The number of carbonyl (C=O) groups excluding carboxylic acids is 1. The minimum absolute atomic E-state index is 0.107. The predicted octanol–water partition coefficient (Wildman–Crippen LogP) is 0.947. The highest BCUT2D eigenvalue weighted by atomic mass is 16.4. The molecule has 0 unspecified atom stereocenters. The van der Waals surface area contributed by atoms with Crippen molar-refractivity contribution in [2.45, 2.75) is 45.7 Å². The molecule has 3 N–H and O–H groups in total. The van der Waals surface area contributed by atoms with E-state index < -0.39 is 18.0 Å². The van der Waals surface area contributed by atoms with Crippen LogP contribution in [0.4, 0.5) is 4.79 Å². The van der Waals surface area contributed by atoms with Crippen LogP contribution in [-0.4, -0.2) is 29.2 Å². The van der Waals surface area contributed by atoms with Crippen molar-refractivity contribution in [2.24, 2.45) is 0 Å². The van der Waals surface area contributed by atoms with E-state index in [2.05, 4.69) is 10.6 Å². The minimum atomic E-state index is -1.04. The minimum Gasteiger partial charge on any atom is -0.480 e. The summed E-state index contributed by atoms with van der Waals surface area (Å²) in [4.78, 5) is 21.6. The molecular formula is C9H18N2O3. The second-order valence-electron chi connectivity index (χ2n) is 3.19. The van der Waals surface area contributed by atoms with Gasteiger partial charge in [0.05, 0.1) is 0 Å². The van der Waals surface area contributed by atoms with E-state index in [0.717, 1.165) is 12.8 Å². The molecule has 2 amide bonds. The van der Waals surface area contributed by atoms with Crippen LogP contribution in [0.25, 0.3) is 0 Å². The van der Waals surface area contributed by atoms with Crippen molar-refractivity contribution in [3.63, 3.8) is 0 Å². The van der Waals surface area contributed by atoms with Crippen LogP contribution in [0.5, 0.6) is 0 Å². The fourth-order valence-electron chi connectivity index (χ4n) is 0.978. The zero-order valence-corrected chi connectivity index (χ0v) is 8.83. The Morgan fingerprint density at radius 3 is 2.07 bits per heavy atom. The van der Waals surface area contributed by atoms with Gasteiger partial charge in [0.2, 0.25) is 0 Å². The van der Waals surface area contributed by atoms with Crippen molar-refractivity contribution in [2.75, 3.05) is 0 Å². The van der Waals surface area contributed by atoms with Crippen molar-refractivity contribution < 1.29 is 14.7 Å². The van der Waals surface area contributed by atoms with Gasteiger partial charge in [-0.15, -0.1) is 0 Å². The van der Waals surface area contributed by atoms with Crippen molar-refractivity contribution >= 4 is 12.0 Å². The van der Waals surface area contributed by atoms with Gasteiger partial charge in [0.1, 0.15) is 6.04 Å². The fourth-order valence-corrected chi connectivity index (χ4v) is 0.978. The largest absolute Gasteiger partial charge is 0.480 e. The highest BCUT2D eigenvalue weighted by molar-refractivity contribution is 5.82. The topological polar surface area (TPSA) is 78.4 Å². The van der Waals surface area contributed by atoms with E-state index in [9.17, 15) is 9.59 Å². The van der Waals surface area contributed by atoms with Crippen molar-refractivity contribution in [3.8, 4) is 0 Å². The highest BCUT2D eigenvalue weighted by Crippen LogP contribution is 1.95. The SMILES string of the molecule is CCC(CC)NC(=O)N[C@@H](C)C(=O)O. The molecule has 14 heavy (non-hydrogen) atoms.